The first kappa shape index (κ1) is 17.8. The Morgan fingerprint density at radius 1 is 1.17 bits per heavy atom. The van der Waals surface area contributed by atoms with Crippen molar-refractivity contribution in [3.05, 3.63) is 54.1 Å². The number of aromatic nitrogens is 3. The van der Waals surface area contributed by atoms with E-state index in [1.165, 1.54) is 12.1 Å². The van der Waals surface area contributed by atoms with E-state index >= 15 is 0 Å². The van der Waals surface area contributed by atoms with Gasteiger partial charge in [-0.05, 0) is 55.2 Å². The molecule has 0 bridgehead atoms. The van der Waals surface area contributed by atoms with Crippen LogP contribution in [0.5, 0.6) is 0 Å². The fourth-order valence-electron chi connectivity index (χ4n) is 4.18. The summed E-state index contributed by atoms with van der Waals surface area (Å²) in [4.78, 5) is 39.1. The number of amides is 2. The van der Waals surface area contributed by atoms with E-state index in [1.54, 1.807) is 18.5 Å². The highest BCUT2D eigenvalue weighted by Gasteiger charge is 2.46. The molecule has 7 nitrogen and oxygen atoms in total. The number of carbonyl (C=O) groups excluding carboxylic acids is 2. The lowest BCUT2D eigenvalue weighted by Gasteiger charge is -2.41. The van der Waals surface area contributed by atoms with E-state index in [9.17, 15) is 14.0 Å². The summed E-state index contributed by atoms with van der Waals surface area (Å²) < 4.78 is 13.4. The van der Waals surface area contributed by atoms with E-state index in [-0.39, 0.29) is 35.7 Å². The van der Waals surface area contributed by atoms with Crippen LogP contribution in [-0.4, -0.2) is 37.7 Å². The van der Waals surface area contributed by atoms with Gasteiger partial charge in [-0.1, -0.05) is 0 Å². The highest BCUT2D eigenvalue weighted by molar-refractivity contribution is 5.94. The van der Waals surface area contributed by atoms with E-state index in [4.69, 9.17) is 0 Å². The highest BCUT2D eigenvalue weighted by atomic mass is 19.1. The predicted octanol–water partition coefficient (Wildman–Crippen LogP) is 3.18. The second kappa shape index (κ2) is 6.95. The maximum atomic E-state index is 13.4. The first-order valence-corrected chi connectivity index (χ1v) is 9.77. The van der Waals surface area contributed by atoms with E-state index in [1.807, 2.05) is 17.0 Å². The average Bonchev–Trinajstić information content (AvgIpc) is 3.48. The molecule has 3 aromatic rings. The van der Waals surface area contributed by atoms with Crippen LogP contribution in [0.2, 0.25) is 0 Å². The van der Waals surface area contributed by atoms with Crippen LogP contribution >= 0.6 is 0 Å². The Morgan fingerprint density at radius 2 is 1.97 bits per heavy atom. The molecule has 1 aliphatic heterocycles. The third-order valence-electron chi connectivity index (χ3n) is 5.65. The molecule has 2 atom stereocenters. The lowest BCUT2D eigenvalue weighted by molar-refractivity contribution is -0.142. The average molecular weight is 393 g/mol. The molecule has 148 valence electrons. The summed E-state index contributed by atoms with van der Waals surface area (Å²) in [6, 6.07) is 7.83. The molecule has 2 fully saturated rings. The zero-order valence-electron chi connectivity index (χ0n) is 15.6. The lowest BCUT2D eigenvalue weighted by atomic mass is 9.83. The molecule has 0 radical (unpaired) electrons. The second-order valence-electron chi connectivity index (χ2n) is 7.64. The van der Waals surface area contributed by atoms with Crippen LogP contribution in [0.15, 0.2) is 42.7 Å². The van der Waals surface area contributed by atoms with Crippen molar-refractivity contribution < 1.29 is 14.0 Å². The summed E-state index contributed by atoms with van der Waals surface area (Å²) in [5.41, 5.74) is 2.00. The van der Waals surface area contributed by atoms with Crippen LogP contribution < -0.4 is 5.32 Å². The number of nitrogens with one attached hydrogen (secondary N) is 2. The molecule has 1 aliphatic carbocycles. The second-order valence-corrected chi connectivity index (χ2v) is 7.64. The van der Waals surface area contributed by atoms with Crippen molar-refractivity contribution >= 4 is 28.8 Å². The lowest BCUT2D eigenvalue weighted by Crippen LogP contribution is -2.47. The molecular weight excluding hydrogens is 373 g/mol. The van der Waals surface area contributed by atoms with Gasteiger partial charge in [-0.15, -0.1) is 0 Å². The number of hydrogen-bond donors (Lipinski definition) is 2. The largest absolute Gasteiger partial charge is 0.332 e. The molecule has 2 aromatic heterocycles. The van der Waals surface area contributed by atoms with Gasteiger partial charge in [-0.3, -0.25) is 19.9 Å². The van der Waals surface area contributed by atoms with Gasteiger partial charge in [0.25, 0.3) is 0 Å². The number of likely N-dealkylation sites (tertiary alicyclic amines) is 1. The number of aromatic amines is 1. The standard InChI is InChI=1S/C21H20FN5O2/c22-13-1-5-16-17(11-13)25-21(24-16)26-20(29)15-4-6-18(28)27(14-2-3-14)19(15)12-7-9-23-10-8-12/h1,5,7-11,14-15,19H,2-4,6H2,(H2,24,25,26,29)/t15-,19+/m0/s1. The molecule has 29 heavy (non-hydrogen) atoms. The highest BCUT2D eigenvalue weighted by Crippen LogP contribution is 2.43. The number of H-pyrrole nitrogens is 1. The van der Waals surface area contributed by atoms with Crippen molar-refractivity contribution in [2.75, 3.05) is 5.32 Å². The molecule has 2 N–H and O–H groups in total. The number of pyridine rings is 1. The van der Waals surface area contributed by atoms with E-state index in [0.29, 0.717) is 23.9 Å². The molecule has 3 heterocycles. The van der Waals surface area contributed by atoms with Crippen LogP contribution in [0, 0.1) is 11.7 Å². The molecule has 1 saturated heterocycles. The van der Waals surface area contributed by atoms with Gasteiger partial charge >= 0.3 is 0 Å². The van der Waals surface area contributed by atoms with Crippen LogP contribution in [0.25, 0.3) is 11.0 Å². The Balaban J connectivity index is 1.45. The van der Waals surface area contributed by atoms with Crippen LogP contribution in [0.4, 0.5) is 10.3 Å². The Hall–Kier alpha value is -3.29. The molecular formula is C21H20FN5O2. The number of fused-ring (bicyclic) bond motifs is 1. The van der Waals surface area contributed by atoms with Crippen LogP contribution in [0.3, 0.4) is 0 Å². The van der Waals surface area contributed by atoms with Gasteiger partial charge < -0.3 is 9.88 Å². The Labute approximate surface area is 166 Å². The Morgan fingerprint density at radius 3 is 2.72 bits per heavy atom. The summed E-state index contributed by atoms with van der Waals surface area (Å²) in [5.74, 6) is -0.607. The van der Waals surface area contributed by atoms with Crippen LogP contribution in [-0.2, 0) is 9.59 Å². The molecule has 0 unspecified atom stereocenters. The number of nitrogens with zero attached hydrogens (tertiary/aromatic N) is 3. The zero-order valence-corrected chi connectivity index (χ0v) is 15.6. The first-order chi connectivity index (χ1) is 14.1. The number of carbonyl (C=O) groups is 2. The van der Waals surface area contributed by atoms with Crippen molar-refractivity contribution in [3.8, 4) is 0 Å². The number of halogens is 1. The van der Waals surface area contributed by atoms with Crippen molar-refractivity contribution in [1.82, 2.24) is 19.9 Å². The molecule has 8 heteroatoms. The van der Waals surface area contributed by atoms with Crippen molar-refractivity contribution in [2.24, 2.45) is 5.92 Å². The first-order valence-electron chi connectivity index (χ1n) is 9.77. The SMILES string of the molecule is O=C(Nc1nc2ccc(F)cc2[nH]1)[C@H]1CCC(=O)N(C2CC2)[C@@H]1c1ccncc1. The van der Waals surface area contributed by atoms with E-state index < -0.39 is 5.92 Å². The third-order valence-corrected chi connectivity index (χ3v) is 5.65. The summed E-state index contributed by atoms with van der Waals surface area (Å²) in [6.07, 6.45) is 6.12. The zero-order chi connectivity index (χ0) is 20.0. The smallest absolute Gasteiger partial charge is 0.232 e. The summed E-state index contributed by atoms with van der Waals surface area (Å²) >= 11 is 0. The minimum absolute atomic E-state index is 0.0950. The van der Waals surface area contributed by atoms with Gasteiger partial charge in [0.1, 0.15) is 5.82 Å². The van der Waals surface area contributed by atoms with Gasteiger partial charge in [0.15, 0.2) is 0 Å². The van der Waals surface area contributed by atoms with Crippen LogP contribution in [0.1, 0.15) is 37.3 Å². The molecule has 0 spiro atoms. The Kier molecular flexibility index (Phi) is 4.26. The minimum Gasteiger partial charge on any atom is -0.332 e. The number of benzene rings is 1. The summed E-state index contributed by atoms with van der Waals surface area (Å²) in [7, 11) is 0. The number of anilines is 1. The van der Waals surface area contributed by atoms with Gasteiger partial charge in [0, 0.05) is 24.9 Å². The quantitative estimate of drug-likeness (QED) is 0.712. The number of hydrogen-bond acceptors (Lipinski definition) is 4. The number of rotatable bonds is 4. The normalized spacial score (nSPS) is 22.1. The minimum atomic E-state index is -0.402. The predicted molar refractivity (Wildman–Crippen MR) is 104 cm³/mol. The molecule has 1 saturated carbocycles. The third kappa shape index (κ3) is 3.35. The van der Waals surface area contributed by atoms with Gasteiger partial charge in [0.2, 0.25) is 17.8 Å². The topological polar surface area (TPSA) is 91.0 Å². The Bertz CT molecular complexity index is 1080. The van der Waals surface area contributed by atoms with Gasteiger partial charge in [0.05, 0.1) is 23.0 Å². The maximum absolute atomic E-state index is 13.4. The fraction of sp³-hybridized carbons (Fsp3) is 0.333. The maximum Gasteiger partial charge on any atom is 0.232 e. The van der Waals surface area contributed by atoms with E-state index in [2.05, 4.69) is 20.3 Å². The van der Waals surface area contributed by atoms with Crippen molar-refractivity contribution in [1.29, 1.82) is 0 Å². The van der Waals surface area contributed by atoms with Crippen molar-refractivity contribution in [3.63, 3.8) is 0 Å². The summed E-state index contributed by atoms with van der Waals surface area (Å²) in [5, 5.41) is 2.83. The van der Waals surface area contributed by atoms with E-state index in [0.717, 1.165) is 18.4 Å². The molecule has 1 aromatic carbocycles. The fourth-order valence-corrected chi connectivity index (χ4v) is 4.18. The van der Waals surface area contributed by atoms with Crippen molar-refractivity contribution in [2.45, 2.75) is 37.8 Å². The monoisotopic (exact) mass is 393 g/mol. The van der Waals surface area contributed by atoms with Gasteiger partial charge in [-0.2, -0.15) is 0 Å². The number of piperidine rings is 1. The molecule has 5 rings (SSSR count). The number of imidazole rings is 1. The summed E-state index contributed by atoms with van der Waals surface area (Å²) in [6.45, 7) is 0. The molecule has 2 amide bonds. The van der Waals surface area contributed by atoms with Gasteiger partial charge in [-0.25, -0.2) is 9.37 Å². The molecule has 2 aliphatic rings.